The molecule has 0 saturated carbocycles. The fraction of sp³-hybridized carbons (Fsp3) is 0.250. The van der Waals surface area contributed by atoms with E-state index in [1.54, 1.807) is 0 Å². The van der Waals surface area contributed by atoms with Crippen LogP contribution in [0.25, 0.3) is 0 Å². The number of carbonyl (C=O) groups excluding carboxylic acids is 1. The summed E-state index contributed by atoms with van der Waals surface area (Å²) < 4.78 is 0. The zero-order valence-corrected chi connectivity index (χ0v) is 4.29. The first-order chi connectivity index (χ1) is 3.72. The van der Waals surface area contributed by atoms with Crippen molar-refractivity contribution in [2.75, 3.05) is 0 Å². The Kier molecular flexibility index (Phi) is 2.64. The summed E-state index contributed by atoms with van der Waals surface area (Å²) in [6, 6.07) is 0. The molecule has 8 heavy (non-hydrogen) atoms. The highest BCUT2D eigenvalue weighted by molar-refractivity contribution is 5.86. The van der Waals surface area contributed by atoms with E-state index in [9.17, 15) is 4.79 Å². The Labute approximate surface area is 45.9 Å². The van der Waals surface area contributed by atoms with Crippen LogP contribution in [0, 0.1) is 0 Å². The van der Waals surface area contributed by atoms with Gasteiger partial charge >= 0.3 is 5.97 Å². The van der Waals surface area contributed by atoms with Crippen molar-refractivity contribution in [1.82, 2.24) is 0 Å². The highest BCUT2D eigenvalue weighted by atomic mass is 17.1. The molecule has 0 atom stereocenters. The van der Waals surface area contributed by atoms with Crippen molar-refractivity contribution in [2.24, 2.45) is 0 Å². The number of rotatable bonds is 1. The van der Waals surface area contributed by atoms with E-state index in [0.29, 0.717) is 6.26 Å². The van der Waals surface area contributed by atoms with Crippen molar-refractivity contribution in [3.8, 4) is 0 Å². The Balaban J connectivity index is 3.83. The van der Waals surface area contributed by atoms with Gasteiger partial charge in [0.1, 0.15) is 0 Å². The first-order valence-corrected chi connectivity index (χ1v) is 1.89. The standard InChI is InChI=1S/C4H6O4/c1-3(2-5)4(6)8-7/h2,5,7H,1H3. The summed E-state index contributed by atoms with van der Waals surface area (Å²) in [7, 11) is 0. The normalized spacial score (nSPS) is 11.0. The monoisotopic (exact) mass is 118 g/mol. The molecule has 2 N–H and O–H groups in total. The van der Waals surface area contributed by atoms with Gasteiger partial charge in [-0.25, -0.2) is 4.79 Å². The minimum atomic E-state index is -0.951. The van der Waals surface area contributed by atoms with Gasteiger partial charge in [-0.2, -0.15) is 5.26 Å². The highest BCUT2D eigenvalue weighted by Gasteiger charge is 2.02. The minimum Gasteiger partial charge on any atom is -0.515 e. The van der Waals surface area contributed by atoms with Crippen LogP contribution in [0.3, 0.4) is 0 Å². The SMILES string of the molecule is CC(=CO)C(=O)OO. The van der Waals surface area contributed by atoms with Crippen LogP contribution < -0.4 is 0 Å². The second kappa shape index (κ2) is 3.04. The third kappa shape index (κ3) is 1.61. The van der Waals surface area contributed by atoms with Crippen LogP contribution in [0.5, 0.6) is 0 Å². The quantitative estimate of drug-likeness (QED) is 0.227. The van der Waals surface area contributed by atoms with Gasteiger partial charge in [0.15, 0.2) is 0 Å². The number of carbonyl (C=O) groups is 1. The van der Waals surface area contributed by atoms with Gasteiger partial charge in [-0.1, -0.05) is 0 Å². The van der Waals surface area contributed by atoms with E-state index >= 15 is 0 Å². The third-order valence-electron chi connectivity index (χ3n) is 0.599. The van der Waals surface area contributed by atoms with E-state index in [0.717, 1.165) is 0 Å². The average molecular weight is 118 g/mol. The Morgan fingerprint density at radius 1 is 1.75 bits per heavy atom. The van der Waals surface area contributed by atoms with Crippen LogP contribution in [0.4, 0.5) is 0 Å². The molecule has 4 nitrogen and oxygen atoms in total. The summed E-state index contributed by atoms with van der Waals surface area (Å²) in [4.78, 5) is 13.3. The minimum absolute atomic E-state index is 0.0486. The Hall–Kier alpha value is -1.03. The lowest BCUT2D eigenvalue weighted by molar-refractivity contribution is -0.229. The molecule has 0 radical (unpaired) electrons. The molecule has 0 spiro atoms. The molecule has 4 heteroatoms. The van der Waals surface area contributed by atoms with E-state index in [1.165, 1.54) is 6.92 Å². The van der Waals surface area contributed by atoms with Crippen molar-refractivity contribution >= 4 is 5.97 Å². The average Bonchev–Trinajstić information content (AvgIpc) is 1.84. The van der Waals surface area contributed by atoms with Gasteiger partial charge in [0.2, 0.25) is 0 Å². The largest absolute Gasteiger partial charge is 0.515 e. The molecule has 46 valence electrons. The summed E-state index contributed by atoms with van der Waals surface area (Å²) in [5.41, 5.74) is -0.0486. The molecule has 0 aromatic carbocycles. The van der Waals surface area contributed by atoms with Gasteiger partial charge in [0.25, 0.3) is 0 Å². The molecule has 0 heterocycles. The van der Waals surface area contributed by atoms with E-state index < -0.39 is 5.97 Å². The lowest BCUT2D eigenvalue weighted by Crippen LogP contribution is -2.01. The first-order valence-electron chi connectivity index (χ1n) is 1.89. The number of hydrogen-bond donors (Lipinski definition) is 2. The molecule has 0 amide bonds. The van der Waals surface area contributed by atoms with Crippen molar-refractivity contribution in [1.29, 1.82) is 0 Å². The fourth-order valence-electron chi connectivity index (χ4n) is 0.125. The topological polar surface area (TPSA) is 66.8 Å². The Bertz CT molecular complexity index is 115. The maximum Gasteiger partial charge on any atom is 0.371 e. The van der Waals surface area contributed by atoms with Gasteiger partial charge in [-0.15, -0.1) is 0 Å². The van der Waals surface area contributed by atoms with E-state index in [-0.39, 0.29) is 5.57 Å². The summed E-state index contributed by atoms with van der Waals surface area (Å²) in [5, 5.41) is 15.7. The lowest BCUT2D eigenvalue weighted by atomic mass is 10.4. The molecule has 0 aliphatic carbocycles. The molecule has 0 unspecified atom stereocenters. The molecule has 0 bridgehead atoms. The van der Waals surface area contributed by atoms with Crippen LogP contribution in [-0.2, 0) is 9.68 Å². The Morgan fingerprint density at radius 2 is 2.25 bits per heavy atom. The zero-order chi connectivity index (χ0) is 6.57. The molecule has 0 fully saturated rings. The van der Waals surface area contributed by atoms with Crippen molar-refractivity contribution < 1.29 is 20.0 Å². The van der Waals surface area contributed by atoms with Gasteiger partial charge in [-0.05, 0) is 6.92 Å². The molecule has 0 saturated heterocycles. The maximum atomic E-state index is 10.0. The van der Waals surface area contributed by atoms with E-state index in [1.807, 2.05) is 0 Å². The van der Waals surface area contributed by atoms with E-state index in [2.05, 4.69) is 4.89 Å². The smallest absolute Gasteiger partial charge is 0.371 e. The number of hydrogen-bond acceptors (Lipinski definition) is 4. The molecular formula is C4H6O4. The summed E-state index contributed by atoms with van der Waals surface area (Å²) in [5.74, 6) is -0.951. The second-order valence-electron chi connectivity index (χ2n) is 1.19. The maximum absolute atomic E-state index is 10.0. The lowest BCUT2D eigenvalue weighted by Gasteiger charge is -1.89. The fourth-order valence-corrected chi connectivity index (χ4v) is 0.125. The number of aliphatic hydroxyl groups excluding tert-OH is 1. The Morgan fingerprint density at radius 3 is 2.38 bits per heavy atom. The van der Waals surface area contributed by atoms with Crippen molar-refractivity contribution in [3.63, 3.8) is 0 Å². The number of aliphatic hydroxyl groups is 1. The van der Waals surface area contributed by atoms with Gasteiger partial charge < -0.3 is 5.11 Å². The van der Waals surface area contributed by atoms with Gasteiger partial charge in [-0.3, -0.25) is 4.89 Å². The second-order valence-corrected chi connectivity index (χ2v) is 1.19. The molecule has 0 aliphatic heterocycles. The van der Waals surface area contributed by atoms with Gasteiger partial charge in [0, 0.05) is 0 Å². The predicted molar refractivity (Wildman–Crippen MR) is 25.1 cm³/mol. The highest BCUT2D eigenvalue weighted by Crippen LogP contribution is 1.90. The summed E-state index contributed by atoms with van der Waals surface area (Å²) >= 11 is 0. The van der Waals surface area contributed by atoms with Crippen LogP contribution in [0.15, 0.2) is 11.8 Å². The van der Waals surface area contributed by atoms with E-state index in [4.69, 9.17) is 10.4 Å². The zero-order valence-electron chi connectivity index (χ0n) is 4.29. The molecule has 0 aliphatic rings. The van der Waals surface area contributed by atoms with Crippen LogP contribution in [0.2, 0.25) is 0 Å². The van der Waals surface area contributed by atoms with Crippen molar-refractivity contribution in [2.45, 2.75) is 6.92 Å². The summed E-state index contributed by atoms with van der Waals surface area (Å²) in [6.45, 7) is 1.30. The molecule has 0 aromatic rings. The summed E-state index contributed by atoms with van der Waals surface area (Å²) in [6.07, 6.45) is 0.554. The molecular weight excluding hydrogens is 112 g/mol. The van der Waals surface area contributed by atoms with Crippen molar-refractivity contribution in [3.05, 3.63) is 11.8 Å². The first kappa shape index (κ1) is 6.97. The predicted octanol–water partition coefficient (Wildman–Crippen LogP) is 0.464. The third-order valence-corrected chi connectivity index (χ3v) is 0.599. The van der Waals surface area contributed by atoms with Crippen LogP contribution in [-0.4, -0.2) is 16.3 Å². The van der Waals surface area contributed by atoms with Crippen LogP contribution in [0.1, 0.15) is 6.92 Å². The molecule has 0 rings (SSSR count). The van der Waals surface area contributed by atoms with Gasteiger partial charge in [0.05, 0.1) is 11.8 Å². The molecule has 0 aromatic heterocycles. The van der Waals surface area contributed by atoms with Crippen LogP contribution >= 0.6 is 0 Å².